The number of esters is 1. The van der Waals surface area contributed by atoms with Crippen LogP contribution in [-0.2, 0) is 9.53 Å². The normalized spacial score (nSPS) is 14.8. The van der Waals surface area contributed by atoms with Crippen LogP contribution in [0, 0.1) is 6.92 Å². The van der Waals surface area contributed by atoms with Gasteiger partial charge in [0.1, 0.15) is 0 Å². The van der Waals surface area contributed by atoms with E-state index >= 15 is 0 Å². The minimum absolute atomic E-state index is 0.189. The first-order valence-electron chi connectivity index (χ1n) is 7.96. The number of aliphatic imine (C=N–C) groups is 1. The Morgan fingerprint density at radius 3 is 2.23 bits per heavy atom. The van der Waals surface area contributed by atoms with Gasteiger partial charge in [-0.1, -0.05) is 24.3 Å². The molecule has 1 aliphatic heterocycles. The molecule has 0 unspecified atom stereocenters. The fraction of sp³-hybridized carbons (Fsp3) is 0.200. The van der Waals surface area contributed by atoms with E-state index in [2.05, 4.69) is 4.99 Å². The van der Waals surface area contributed by atoms with Crippen LogP contribution in [0.15, 0.2) is 47.1 Å². The third-order valence-electron chi connectivity index (χ3n) is 4.01. The maximum atomic E-state index is 12.2. The molecule has 0 saturated carbocycles. The highest BCUT2D eigenvalue weighted by Crippen LogP contribution is 2.39. The SMILES string of the molecule is COc1cc(C2=N/C(=C\c3ccccc3C)C(=O)O2)cc(OC)c1OC. The van der Waals surface area contributed by atoms with Gasteiger partial charge in [0.2, 0.25) is 11.6 Å². The molecular weight excluding hydrogens is 334 g/mol. The Labute approximate surface area is 151 Å². The summed E-state index contributed by atoms with van der Waals surface area (Å²) < 4.78 is 21.3. The number of hydrogen-bond donors (Lipinski definition) is 0. The Morgan fingerprint density at radius 1 is 1.00 bits per heavy atom. The molecular formula is C20H19NO5. The van der Waals surface area contributed by atoms with E-state index in [4.69, 9.17) is 18.9 Å². The number of ether oxygens (including phenoxy) is 4. The van der Waals surface area contributed by atoms with Crippen LogP contribution in [0.5, 0.6) is 17.2 Å². The van der Waals surface area contributed by atoms with Gasteiger partial charge in [0, 0.05) is 5.56 Å². The van der Waals surface area contributed by atoms with Gasteiger partial charge >= 0.3 is 5.97 Å². The molecule has 3 rings (SSSR count). The zero-order valence-corrected chi connectivity index (χ0v) is 15.0. The molecule has 0 aromatic heterocycles. The van der Waals surface area contributed by atoms with E-state index < -0.39 is 5.97 Å². The van der Waals surface area contributed by atoms with Crippen molar-refractivity contribution in [2.45, 2.75) is 6.92 Å². The molecule has 134 valence electrons. The van der Waals surface area contributed by atoms with Crippen molar-refractivity contribution >= 4 is 17.9 Å². The highest BCUT2D eigenvalue weighted by Gasteiger charge is 2.26. The second-order valence-corrected chi connectivity index (χ2v) is 5.61. The van der Waals surface area contributed by atoms with Crippen molar-refractivity contribution in [3.8, 4) is 17.2 Å². The molecule has 6 heteroatoms. The maximum absolute atomic E-state index is 12.2. The molecule has 0 aliphatic carbocycles. The lowest BCUT2D eigenvalue weighted by molar-refractivity contribution is -0.129. The number of methoxy groups -OCH3 is 3. The zero-order valence-electron chi connectivity index (χ0n) is 15.0. The van der Waals surface area contributed by atoms with Crippen LogP contribution >= 0.6 is 0 Å². The van der Waals surface area contributed by atoms with Gasteiger partial charge in [-0.25, -0.2) is 9.79 Å². The Bertz CT molecular complexity index is 889. The van der Waals surface area contributed by atoms with Crippen molar-refractivity contribution in [2.75, 3.05) is 21.3 Å². The molecule has 0 spiro atoms. The Balaban J connectivity index is 2.03. The summed E-state index contributed by atoms with van der Waals surface area (Å²) in [6.07, 6.45) is 1.71. The number of nitrogens with zero attached hydrogens (tertiary/aromatic N) is 1. The molecule has 0 radical (unpaired) electrons. The van der Waals surface area contributed by atoms with Crippen LogP contribution in [0.25, 0.3) is 6.08 Å². The topological polar surface area (TPSA) is 66.4 Å². The minimum atomic E-state index is -0.503. The summed E-state index contributed by atoms with van der Waals surface area (Å²) in [7, 11) is 4.57. The van der Waals surface area contributed by atoms with E-state index in [9.17, 15) is 4.79 Å². The molecule has 0 saturated heterocycles. The van der Waals surface area contributed by atoms with E-state index in [0.29, 0.717) is 22.8 Å². The lowest BCUT2D eigenvalue weighted by Gasteiger charge is -2.13. The van der Waals surface area contributed by atoms with Crippen LogP contribution in [-0.4, -0.2) is 33.2 Å². The molecule has 1 aliphatic rings. The maximum Gasteiger partial charge on any atom is 0.363 e. The Morgan fingerprint density at radius 2 is 1.65 bits per heavy atom. The first-order valence-corrected chi connectivity index (χ1v) is 7.96. The number of rotatable bonds is 5. The molecule has 0 atom stereocenters. The first kappa shape index (κ1) is 17.5. The summed E-state index contributed by atoms with van der Waals surface area (Å²) in [5, 5.41) is 0. The zero-order chi connectivity index (χ0) is 18.7. The quantitative estimate of drug-likeness (QED) is 0.609. The van der Waals surface area contributed by atoms with Crippen molar-refractivity contribution in [1.29, 1.82) is 0 Å². The highest BCUT2D eigenvalue weighted by molar-refractivity contribution is 6.13. The van der Waals surface area contributed by atoms with Crippen molar-refractivity contribution in [2.24, 2.45) is 4.99 Å². The second-order valence-electron chi connectivity index (χ2n) is 5.61. The van der Waals surface area contributed by atoms with Gasteiger partial charge in [0.05, 0.1) is 21.3 Å². The van der Waals surface area contributed by atoms with E-state index in [1.165, 1.54) is 21.3 Å². The molecule has 26 heavy (non-hydrogen) atoms. The van der Waals surface area contributed by atoms with Crippen LogP contribution in [0.4, 0.5) is 0 Å². The third kappa shape index (κ3) is 3.26. The molecule has 1 heterocycles. The fourth-order valence-corrected chi connectivity index (χ4v) is 2.63. The van der Waals surface area contributed by atoms with Crippen LogP contribution in [0.1, 0.15) is 16.7 Å². The lowest BCUT2D eigenvalue weighted by atomic mass is 10.1. The molecule has 6 nitrogen and oxygen atoms in total. The number of cyclic esters (lactones) is 1. The summed E-state index contributed by atoms with van der Waals surface area (Å²) in [6.45, 7) is 1.97. The summed E-state index contributed by atoms with van der Waals surface area (Å²) in [6, 6.07) is 11.1. The summed E-state index contributed by atoms with van der Waals surface area (Å²) in [4.78, 5) is 16.5. The van der Waals surface area contributed by atoms with Crippen molar-refractivity contribution in [3.05, 3.63) is 58.8 Å². The number of carbonyl (C=O) groups is 1. The van der Waals surface area contributed by atoms with E-state index in [1.807, 2.05) is 31.2 Å². The predicted octanol–water partition coefficient (Wildman–Crippen LogP) is 3.37. The van der Waals surface area contributed by atoms with Gasteiger partial charge in [-0.15, -0.1) is 0 Å². The van der Waals surface area contributed by atoms with Gasteiger partial charge in [-0.3, -0.25) is 0 Å². The largest absolute Gasteiger partial charge is 0.493 e. The van der Waals surface area contributed by atoms with Gasteiger partial charge in [0.25, 0.3) is 0 Å². The molecule has 0 amide bonds. The van der Waals surface area contributed by atoms with Crippen LogP contribution < -0.4 is 14.2 Å². The number of aryl methyl sites for hydroxylation is 1. The monoisotopic (exact) mass is 353 g/mol. The summed E-state index contributed by atoms with van der Waals surface area (Å²) in [5.74, 6) is 1.05. The van der Waals surface area contributed by atoms with Gasteiger partial charge in [-0.2, -0.15) is 0 Å². The fourth-order valence-electron chi connectivity index (χ4n) is 2.63. The summed E-state index contributed by atoms with van der Waals surface area (Å²) in [5.41, 5.74) is 2.75. The van der Waals surface area contributed by atoms with Gasteiger partial charge < -0.3 is 18.9 Å². The predicted molar refractivity (Wildman–Crippen MR) is 97.9 cm³/mol. The van der Waals surface area contributed by atoms with E-state index in [1.54, 1.807) is 18.2 Å². The second kappa shape index (κ2) is 7.31. The number of benzene rings is 2. The lowest BCUT2D eigenvalue weighted by Crippen LogP contribution is -2.07. The summed E-state index contributed by atoms with van der Waals surface area (Å²) >= 11 is 0. The molecule has 0 fully saturated rings. The molecule has 0 N–H and O–H groups in total. The van der Waals surface area contributed by atoms with Crippen molar-refractivity contribution in [3.63, 3.8) is 0 Å². The Hall–Kier alpha value is -3.28. The van der Waals surface area contributed by atoms with Crippen molar-refractivity contribution < 1.29 is 23.7 Å². The third-order valence-corrected chi connectivity index (χ3v) is 4.01. The number of hydrogen-bond acceptors (Lipinski definition) is 6. The van der Waals surface area contributed by atoms with Crippen molar-refractivity contribution in [1.82, 2.24) is 0 Å². The van der Waals surface area contributed by atoms with Crippen LogP contribution in [0.3, 0.4) is 0 Å². The minimum Gasteiger partial charge on any atom is -0.493 e. The van der Waals surface area contributed by atoms with E-state index in [-0.39, 0.29) is 11.6 Å². The standard InChI is InChI=1S/C20H19NO5/c1-12-7-5-6-8-13(12)9-15-20(22)26-19(21-15)14-10-16(23-2)18(25-4)17(11-14)24-3/h5-11H,1-4H3/b15-9-. The molecule has 0 bridgehead atoms. The molecule has 2 aromatic rings. The average Bonchev–Trinajstić information content (AvgIpc) is 3.02. The highest BCUT2D eigenvalue weighted by atomic mass is 16.6. The molecule has 2 aromatic carbocycles. The smallest absolute Gasteiger partial charge is 0.363 e. The first-order chi connectivity index (χ1) is 12.6. The van der Waals surface area contributed by atoms with Gasteiger partial charge in [0.15, 0.2) is 17.2 Å². The number of carbonyl (C=O) groups excluding carboxylic acids is 1. The average molecular weight is 353 g/mol. The Kier molecular flexibility index (Phi) is 4.93. The van der Waals surface area contributed by atoms with Crippen LogP contribution in [0.2, 0.25) is 0 Å². The van der Waals surface area contributed by atoms with Gasteiger partial charge in [-0.05, 0) is 36.3 Å². The van der Waals surface area contributed by atoms with E-state index in [0.717, 1.165) is 11.1 Å².